The minimum absolute atomic E-state index is 0.493. The van der Waals surface area contributed by atoms with E-state index in [0.717, 1.165) is 22.7 Å². The van der Waals surface area contributed by atoms with Crippen LogP contribution in [0.1, 0.15) is 44.5 Å². The van der Waals surface area contributed by atoms with Gasteiger partial charge in [-0.05, 0) is 121 Å². The summed E-state index contributed by atoms with van der Waals surface area (Å²) in [5, 5.41) is 2.49. The molecule has 2 heteroatoms. The number of rotatable bonds is 6. The lowest BCUT2D eigenvalue weighted by Crippen LogP contribution is -2.28. The van der Waals surface area contributed by atoms with Crippen molar-refractivity contribution in [1.29, 1.82) is 0 Å². The zero-order chi connectivity index (χ0) is 46.0. The minimum atomic E-state index is -0.554. The monoisotopic (exact) mass is 888 g/mol. The van der Waals surface area contributed by atoms with Crippen molar-refractivity contribution in [1.82, 2.24) is 4.57 Å². The Balaban J connectivity index is 1.04. The van der Waals surface area contributed by atoms with Gasteiger partial charge in [0.1, 0.15) is 0 Å². The van der Waals surface area contributed by atoms with E-state index in [4.69, 9.17) is 0 Å². The molecule has 0 aliphatic heterocycles. The number of fused-ring (bicyclic) bond motifs is 16. The van der Waals surface area contributed by atoms with Crippen LogP contribution in [0.4, 0.5) is 17.1 Å². The standard InChI is InChI=1S/C68H44N2/c1-3-21-45(22-4-1)67(46-23-5-2-6-24-46)60-36-16-10-32-56(60)66-61(67)37-20-40-65(66)69(47-25-19-26-48(43-47)70-63-38-17-11-30-54(63)55-31-12-18-39-64(55)70)49-41-42-53-52-29-9-15-35-59(52)68(62(53)44-49)57-33-13-7-27-50(57)51-28-8-14-34-58(51)68/h1-44H. The molecule has 3 aliphatic carbocycles. The molecule has 0 atom stereocenters. The second-order valence-electron chi connectivity index (χ2n) is 19.1. The summed E-state index contributed by atoms with van der Waals surface area (Å²) in [6.07, 6.45) is 0. The van der Waals surface area contributed by atoms with Gasteiger partial charge in [0.15, 0.2) is 0 Å². The molecule has 0 bridgehead atoms. The fourth-order valence-electron chi connectivity index (χ4n) is 13.3. The van der Waals surface area contributed by atoms with Gasteiger partial charge in [-0.2, -0.15) is 0 Å². The zero-order valence-corrected chi connectivity index (χ0v) is 38.3. The molecular formula is C68H44N2. The normalized spacial score (nSPS) is 13.9. The topological polar surface area (TPSA) is 8.17 Å². The van der Waals surface area contributed by atoms with Crippen molar-refractivity contribution >= 4 is 38.9 Å². The average molecular weight is 889 g/mol. The van der Waals surface area contributed by atoms with Crippen LogP contribution in [0, 0.1) is 0 Å². The van der Waals surface area contributed by atoms with Gasteiger partial charge in [0.2, 0.25) is 0 Å². The fourth-order valence-corrected chi connectivity index (χ4v) is 13.3. The van der Waals surface area contributed by atoms with Gasteiger partial charge in [0.25, 0.3) is 0 Å². The molecule has 0 fully saturated rings. The third-order valence-electron chi connectivity index (χ3n) is 15.9. The Morgan fingerprint density at radius 3 is 1.31 bits per heavy atom. The maximum absolute atomic E-state index is 2.56. The molecule has 70 heavy (non-hydrogen) atoms. The van der Waals surface area contributed by atoms with Gasteiger partial charge in [-0.3, -0.25) is 0 Å². The van der Waals surface area contributed by atoms with Crippen molar-refractivity contribution in [3.05, 3.63) is 311 Å². The number of hydrogen-bond acceptors (Lipinski definition) is 1. The predicted molar refractivity (Wildman–Crippen MR) is 289 cm³/mol. The van der Waals surface area contributed by atoms with E-state index in [2.05, 4.69) is 276 Å². The first-order valence-corrected chi connectivity index (χ1v) is 24.4. The summed E-state index contributed by atoms with van der Waals surface area (Å²) in [6, 6.07) is 99.9. The molecule has 0 radical (unpaired) electrons. The lowest BCUT2D eigenvalue weighted by Gasteiger charge is -2.35. The zero-order valence-electron chi connectivity index (χ0n) is 38.3. The molecule has 11 aromatic carbocycles. The molecule has 0 N–H and O–H groups in total. The number of nitrogens with zero attached hydrogens (tertiary/aromatic N) is 2. The molecule has 1 heterocycles. The van der Waals surface area contributed by atoms with Crippen LogP contribution in [0.5, 0.6) is 0 Å². The molecule has 1 aromatic heterocycles. The van der Waals surface area contributed by atoms with Crippen molar-refractivity contribution in [3.8, 4) is 39.1 Å². The van der Waals surface area contributed by atoms with Crippen LogP contribution in [0.2, 0.25) is 0 Å². The maximum Gasteiger partial charge on any atom is 0.0726 e. The molecule has 3 aliphatic rings. The Kier molecular flexibility index (Phi) is 8.24. The molecule has 12 aromatic rings. The minimum Gasteiger partial charge on any atom is -0.310 e. The summed E-state index contributed by atoms with van der Waals surface area (Å²) in [5.41, 5.74) is 23.8. The van der Waals surface area contributed by atoms with Gasteiger partial charge >= 0.3 is 0 Å². The van der Waals surface area contributed by atoms with E-state index in [0.29, 0.717) is 0 Å². The Hall–Kier alpha value is -8.98. The lowest BCUT2D eigenvalue weighted by molar-refractivity contribution is 0.768. The molecule has 15 rings (SSSR count). The summed E-state index contributed by atoms with van der Waals surface area (Å²) in [4.78, 5) is 2.56. The third-order valence-corrected chi connectivity index (χ3v) is 15.9. The summed E-state index contributed by atoms with van der Waals surface area (Å²) >= 11 is 0. The highest BCUT2D eigenvalue weighted by Gasteiger charge is 2.52. The lowest BCUT2D eigenvalue weighted by atomic mass is 9.68. The molecule has 0 amide bonds. The predicted octanol–water partition coefficient (Wildman–Crippen LogP) is 17.0. The molecule has 0 saturated carbocycles. The second-order valence-corrected chi connectivity index (χ2v) is 19.1. The Labute approximate surface area is 407 Å². The van der Waals surface area contributed by atoms with Gasteiger partial charge < -0.3 is 9.47 Å². The molecular weight excluding hydrogens is 845 g/mol. The van der Waals surface area contributed by atoms with Crippen molar-refractivity contribution in [2.45, 2.75) is 10.8 Å². The number of hydrogen-bond donors (Lipinski definition) is 0. The summed E-state index contributed by atoms with van der Waals surface area (Å²) in [7, 11) is 0. The first-order valence-electron chi connectivity index (χ1n) is 24.4. The van der Waals surface area contributed by atoms with Crippen LogP contribution in [-0.4, -0.2) is 4.57 Å². The highest BCUT2D eigenvalue weighted by Crippen LogP contribution is 2.64. The van der Waals surface area contributed by atoms with E-state index in [-0.39, 0.29) is 0 Å². The van der Waals surface area contributed by atoms with Gasteiger partial charge in [-0.25, -0.2) is 0 Å². The molecule has 0 saturated heterocycles. The van der Waals surface area contributed by atoms with Crippen LogP contribution in [0.15, 0.2) is 267 Å². The van der Waals surface area contributed by atoms with Crippen molar-refractivity contribution in [2.75, 3.05) is 4.90 Å². The first-order chi connectivity index (χ1) is 34.8. The van der Waals surface area contributed by atoms with Crippen molar-refractivity contribution in [3.63, 3.8) is 0 Å². The van der Waals surface area contributed by atoms with E-state index >= 15 is 0 Å². The largest absolute Gasteiger partial charge is 0.310 e. The van der Waals surface area contributed by atoms with Crippen LogP contribution < -0.4 is 4.90 Å². The quantitative estimate of drug-likeness (QED) is 0.161. The van der Waals surface area contributed by atoms with Crippen LogP contribution in [-0.2, 0) is 10.8 Å². The highest BCUT2D eigenvalue weighted by atomic mass is 15.1. The maximum atomic E-state index is 2.56. The number of benzene rings is 11. The summed E-state index contributed by atoms with van der Waals surface area (Å²) < 4.78 is 2.44. The first kappa shape index (κ1) is 39.1. The van der Waals surface area contributed by atoms with Crippen LogP contribution in [0.25, 0.3) is 60.9 Å². The Bertz CT molecular complexity index is 3930. The fraction of sp³-hybridized carbons (Fsp3) is 0.0294. The highest BCUT2D eigenvalue weighted by molar-refractivity contribution is 6.09. The summed E-state index contributed by atoms with van der Waals surface area (Å²) in [6.45, 7) is 0. The Morgan fingerprint density at radius 1 is 0.286 bits per heavy atom. The van der Waals surface area contributed by atoms with Gasteiger partial charge in [-0.15, -0.1) is 0 Å². The number of para-hydroxylation sites is 2. The molecule has 1 spiro atoms. The van der Waals surface area contributed by atoms with Crippen molar-refractivity contribution < 1.29 is 0 Å². The Morgan fingerprint density at radius 2 is 0.729 bits per heavy atom. The van der Waals surface area contributed by atoms with Crippen LogP contribution >= 0.6 is 0 Å². The average Bonchev–Trinajstić information content (AvgIpc) is 4.13. The van der Waals surface area contributed by atoms with E-state index in [9.17, 15) is 0 Å². The molecule has 326 valence electrons. The molecule has 0 unspecified atom stereocenters. The van der Waals surface area contributed by atoms with Crippen LogP contribution in [0.3, 0.4) is 0 Å². The van der Waals surface area contributed by atoms with Gasteiger partial charge in [0, 0.05) is 33.4 Å². The van der Waals surface area contributed by atoms with E-state index in [1.54, 1.807) is 0 Å². The van der Waals surface area contributed by atoms with E-state index < -0.39 is 10.8 Å². The number of anilines is 3. The van der Waals surface area contributed by atoms with E-state index in [1.807, 2.05) is 0 Å². The van der Waals surface area contributed by atoms with E-state index in [1.165, 1.54) is 99.7 Å². The number of aromatic nitrogens is 1. The SMILES string of the molecule is c1ccc(C2(c3ccccc3)c3ccccc3-c3c(N(c4cccc(-n5c6ccccc6c6ccccc65)c4)c4ccc5c(c4)C4(c6ccccc6-c6ccccc64)c4ccccc4-5)cccc32)cc1. The third kappa shape index (κ3) is 5.07. The molecule has 2 nitrogen and oxygen atoms in total. The van der Waals surface area contributed by atoms with Gasteiger partial charge in [-0.1, -0.05) is 218 Å². The smallest absolute Gasteiger partial charge is 0.0726 e. The van der Waals surface area contributed by atoms with Crippen molar-refractivity contribution in [2.24, 2.45) is 0 Å². The summed E-state index contributed by atoms with van der Waals surface area (Å²) in [5.74, 6) is 0. The van der Waals surface area contributed by atoms with Gasteiger partial charge in [0.05, 0.1) is 27.6 Å². The second kappa shape index (κ2) is 14.8.